The van der Waals surface area contributed by atoms with Crippen molar-refractivity contribution in [3.63, 3.8) is 0 Å². The fraction of sp³-hybridized carbons (Fsp3) is 0.300. The van der Waals surface area contributed by atoms with Crippen molar-refractivity contribution in [2.75, 3.05) is 13.2 Å². The Hall–Kier alpha value is -2.13. The molecule has 0 saturated carbocycles. The van der Waals surface area contributed by atoms with Crippen molar-refractivity contribution in [1.82, 2.24) is 0 Å². The molecule has 6 heteroatoms. The Morgan fingerprint density at radius 3 is 2.88 bits per heavy atom. The van der Waals surface area contributed by atoms with E-state index in [4.69, 9.17) is 15.1 Å². The summed E-state index contributed by atoms with van der Waals surface area (Å²) in [5.74, 6) is 0.293. The Morgan fingerprint density at radius 1 is 1.56 bits per heavy atom. The lowest BCUT2D eigenvalue weighted by molar-refractivity contribution is -0.384. The zero-order chi connectivity index (χ0) is 12.0. The number of nitro groups is 1. The van der Waals surface area contributed by atoms with Gasteiger partial charge in [-0.15, -0.1) is 0 Å². The Labute approximate surface area is 91.8 Å². The molecule has 0 atom stereocenters. The first-order valence-corrected chi connectivity index (χ1v) is 4.61. The van der Waals surface area contributed by atoms with Crippen LogP contribution in [0.5, 0.6) is 5.75 Å². The van der Waals surface area contributed by atoms with Crippen molar-refractivity contribution in [3.05, 3.63) is 33.9 Å². The summed E-state index contributed by atoms with van der Waals surface area (Å²) in [6.07, 6.45) is 0.446. The summed E-state index contributed by atoms with van der Waals surface area (Å²) in [4.78, 5) is 9.89. The fourth-order valence-electron chi connectivity index (χ4n) is 1.09. The number of ether oxygens (including phenoxy) is 1. The zero-order valence-electron chi connectivity index (χ0n) is 8.42. The average molecular weight is 222 g/mol. The lowest BCUT2D eigenvalue weighted by Gasteiger charge is -2.06. The molecule has 0 spiro atoms. The molecule has 16 heavy (non-hydrogen) atoms. The molecule has 0 radical (unpaired) electrons. The van der Waals surface area contributed by atoms with Crippen LogP contribution >= 0.6 is 0 Å². The summed E-state index contributed by atoms with van der Waals surface area (Å²) in [5.41, 5.74) is -0.0294. The summed E-state index contributed by atoms with van der Waals surface area (Å²) in [6.45, 7) is 0.262. The first kappa shape index (κ1) is 11.9. The van der Waals surface area contributed by atoms with Gasteiger partial charge in [-0.3, -0.25) is 10.1 Å². The molecule has 0 aliphatic heterocycles. The predicted molar refractivity (Wildman–Crippen MR) is 55.0 cm³/mol. The molecular weight excluding hydrogens is 212 g/mol. The van der Waals surface area contributed by atoms with Crippen LogP contribution in [0.3, 0.4) is 0 Å². The molecular formula is C10H10N2O4. The number of aliphatic hydroxyl groups is 1. The molecule has 0 unspecified atom stereocenters. The van der Waals surface area contributed by atoms with Gasteiger partial charge < -0.3 is 9.84 Å². The number of non-ortho nitro benzene ring substituents is 1. The Bertz CT molecular complexity index is 425. The summed E-state index contributed by atoms with van der Waals surface area (Å²) in [7, 11) is 0. The van der Waals surface area contributed by atoms with Gasteiger partial charge in [0, 0.05) is 25.2 Å². The van der Waals surface area contributed by atoms with Crippen LogP contribution in [0.25, 0.3) is 0 Å². The van der Waals surface area contributed by atoms with E-state index in [0.29, 0.717) is 12.2 Å². The third kappa shape index (κ3) is 2.93. The largest absolute Gasteiger partial charge is 0.492 e. The number of nitriles is 1. The predicted octanol–water partition coefficient (Wildman–Crippen LogP) is 1.23. The lowest BCUT2D eigenvalue weighted by Crippen LogP contribution is -2.01. The highest BCUT2D eigenvalue weighted by molar-refractivity contribution is 5.50. The second-order valence-electron chi connectivity index (χ2n) is 2.97. The summed E-state index contributed by atoms with van der Waals surface area (Å²) < 4.78 is 5.20. The smallest absolute Gasteiger partial charge is 0.271 e. The summed E-state index contributed by atoms with van der Waals surface area (Å²) in [5, 5.41) is 27.8. The molecule has 6 nitrogen and oxygen atoms in total. The zero-order valence-corrected chi connectivity index (χ0v) is 8.42. The van der Waals surface area contributed by atoms with E-state index in [-0.39, 0.29) is 24.5 Å². The third-order valence-electron chi connectivity index (χ3n) is 1.85. The molecule has 0 heterocycles. The minimum atomic E-state index is -0.571. The number of benzene rings is 1. The summed E-state index contributed by atoms with van der Waals surface area (Å²) >= 11 is 0. The number of rotatable bonds is 5. The molecule has 1 N–H and O–H groups in total. The molecule has 0 aromatic heterocycles. The fourth-order valence-corrected chi connectivity index (χ4v) is 1.09. The topological polar surface area (TPSA) is 96.4 Å². The molecule has 0 fully saturated rings. The normalized spacial score (nSPS) is 9.50. The highest BCUT2D eigenvalue weighted by atomic mass is 16.6. The maximum absolute atomic E-state index is 10.5. The van der Waals surface area contributed by atoms with Gasteiger partial charge in [0.15, 0.2) is 0 Å². The number of aliphatic hydroxyl groups excluding tert-OH is 1. The quantitative estimate of drug-likeness (QED) is 0.459. The third-order valence-corrected chi connectivity index (χ3v) is 1.85. The van der Waals surface area contributed by atoms with E-state index in [1.807, 2.05) is 6.07 Å². The Balaban J connectivity index is 2.86. The van der Waals surface area contributed by atoms with Crippen LogP contribution in [0, 0.1) is 21.4 Å². The van der Waals surface area contributed by atoms with E-state index >= 15 is 0 Å². The monoisotopic (exact) mass is 222 g/mol. The first-order valence-electron chi connectivity index (χ1n) is 4.61. The molecule has 84 valence electrons. The molecule has 1 aromatic rings. The molecule has 0 bridgehead atoms. The van der Waals surface area contributed by atoms with Crippen LogP contribution in [0.4, 0.5) is 5.69 Å². The van der Waals surface area contributed by atoms with Gasteiger partial charge in [0.05, 0.1) is 11.5 Å². The molecule has 0 amide bonds. The standard InChI is InChI=1S/C10H10N2O4/c11-7-8-6-9(12(14)15)2-3-10(8)16-5-1-4-13/h2-3,6,13H,1,4-5H2. The van der Waals surface area contributed by atoms with Crippen LogP contribution in [-0.4, -0.2) is 23.2 Å². The van der Waals surface area contributed by atoms with Gasteiger partial charge in [-0.2, -0.15) is 5.26 Å². The van der Waals surface area contributed by atoms with Gasteiger partial charge in [-0.25, -0.2) is 0 Å². The Kier molecular flexibility index (Phi) is 4.24. The van der Waals surface area contributed by atoms with E-state index in [2.05, 4.69) is 0 Å². The van der Waals surface area contributed by atoms with Gasteiger partial charge in [0.25, 0.3) is 5.69 Å². The highest BCUT2D eigenvalue weighted by Gasteiger charge is 2.11. The number of nitrogens with zero attached hydrogens (tertiary/aromatic N) is 2. The van der Waals surface area contributed by atoms with E-state index in [9.17, 15) is 10.1 Å². The molecule has 0 saturated heterocycles. The molecule has 1 aromatic carbocycles. The van der Waals surface area contributed by atoms with E-state index in [1.165, 1.54) is 12.1 Å². The van der Waals surface area contributed by atoms with Crippen molar-refractivity contribution in [1.29, 1.82) is 5.26 Å². The van der Waals surface area contributed by atoms with Crippen LogP contribution in [-0.2, 0) is 0 Å². The van der Waals surface area contributed by atoms with Gasteiger partial charge in [0.2, 0.25) is 0 Å². The van der Waals surface area contributed by atoms with Gasteiger partial charge in [0.1, 0.15) is 17.4 Å². The minimum absolute atomic E-state index is 0.00509. The molecule has 0 aliphatic carbocycles. The maximum atomic E-state index is 10.5. The highest BCUT2D eigenvalue weighted by Crippen LogP contribution is 2.23. The van der Waals surface area contributed by atoms with Gasteiger partial charge >= 0.3 is 0 Å². The molecule has 1 rings (SSSR count). The van der Waals surface area contributed by atoms with Gasteiger partial charge in [-0.05, 0) is 6.07 Å². The SMILES string of the molecule is N#Cc1cc([N+](=O)[O-])ccc1OCCCO. The second-order valence-corrected chi connectivity index (χ2v) is 2.97. The van der Waals surface area contributed by atoms with Crippen LogP contribution in [0.2, 0.25) is 0 Å². The second kappa shape index (κ2) is 5.68. The molecule has 0 aliphatic rings. The average Bonchev–Trinajstić information content (AvgIpc) is 2.29. The summed E-state index contributed by atoms with van der Waals surface area (Å²) in [6, 6.07) is 5.64. The number of hydrogen-bond acceptors (Lipinski definition) is 5. The van der Waals surface area contributed by atoms with Crippen LogP contribution in [0.1, 0.15) is 12.0 Å². The first-order chi connectivity index (χ1) is 7.69. The maximum Gasteiger partial charge on any atom is 0.271 e. The van der Waals surface area contributed by atoms with Crippen molar-refractivity contribution < 1.29 is 14.8 Å². The van der Waals surface area contributed by atoms with Gasteiger partial charge in [-0.1, -0.05) is 0 Å². The number of nitro benzene ring substituents is 1. The van der Waals surface area contributed by atoms with Crippen molar-refractivity contribution >= 4 is 5.69 Å². The van der Waals surface area contributed by atoms with Crippen molar-refractivity contribution in [3.8, 4) is 11.8 Å². The van der Waals surface area contributed by atoms with Crippen LogP contribution < -0.4 is 4.74 Å². The van der Waals surface area contributed by atoms with E-state index < -0.39 is 4.92 Å². The Morgan fingerprint density at radius 2 is 2.31 bits per heavy atom. The lowest BCUT2D eigenvalue weighted by atomic mass is 10.2. The van der Waals surface area contributed by atoms with E-state index in [0.717, 1.165) is 6.07 Å². The van der Waals surface area contributed by atoms with E-state index in [1.54, 1.807) is 0 Å². The van der Waals surface area contributed by atoms with Crippen molar-refractivity contribution in [2.45, 2.75) is 6.42 Å². The van der Waals surface area contributed by atoms with Crippen LogP contribution in [0.15, 0.2) is 18.2 Å². The minimum Gasteiger partial charge on any atom is -0.492 e. The number of hydrogen-bond donors (Lipinski definition) is 1. The van der Waals surface area contributed by atoms with Crippen molar-refractivity contribution in [2.24, 2.45) is 0 Å².